The Morgan fingerprint density at radius 2 is 2.00 bits per heavy atom. The van der Waals surface area contributed by atoms with E-state index in [9.17, 15) is 0 Å². The molecule has 1 aromatic heterocycles. The lowest BCUT2D eigenvalue weighted by molar-refractivity contribution is 0.659. The van der Waals surface area contributed by atoms with Gasteiger partial charge in [0.1, 0.15) is 5.82 Å². The average molecular weight is 292 g/mol. The summed E-state index contributed by atoms with van der Waals surface area (Å²) in [5.74, 6) is 1.04. The molecule has 1 heterocycles. The van der Waals surface area contributed by atoms with Crippen molar-refractivity contribution in [1.82, 2.24) is 9.97 Å². The van der Waals surface area contributed by atoms with Crippen LogP contribution in [0, 0.1) is 0 Å². The molecule has 2 aromatic rings. The van der Waals surface area contributed by atoms with Gasteiger partial charge in [0.05, 0.1) is 11.9 Å². The van der Waals surface area contributed by atoms with E-state index < -0.39 is 0 Å². The van der Waals surface area contributed by atoms with E-state index in [1.54, 1.807) is 0 Å². The predicted molar refractivity (Wildman–Crippen MR) is 71.7 cm³/mol. The van der Waals surface area contributed by atoms with Gasteiger partial charge in [0, 0.05) is 16.4 Å². The first kappa shape index (κ1) is 11.0. The van der Waals surface area contributed by atoms with Crippen molar-refractivity contribution in [3.05, 3.63) is 40.8 Å². The van der Waals surface area contributed by atoms with Crippen molar-refractivity contribution < 1.29 is 0 Å². The molecule has 0 amide bonds. The molecule has 1 aliphatic carbocycles. The first-order chi connectivity index (χ1) is 8.23. The average Bonchev–Trinajstić information content (AvgIpc) is 3.00. The van der Waals surface area contributed by atoms with Gasteiger partial charge < -0.3 is 10.7 Å². The van der Waals surface area contributed by atoms with E-state index in [0.29, 0.717) is 6.54 Å². The monoisotopic (exact) mass is 291 g/mol. The lowest BCUT2D eigenvalue weighted by Gasteiger charge is -2.07. The molecular weight excluding hydrogens is 278 g/mol. The molecule has 1 aliphatic rings. The Morgan fingerprint density at radius 1 is 1.29 bits per heavy atom. The molecule has 1 aromatic carbocycles. The third-order valence-electron chi connectivity index (χ3n) is 3.48. The summed E-state index contributed by atoms with van der Waals surface area (Å²) in [5.41, 5.74) is 8.15. The van der Waals surface area contributed by atoms with Gasteiger partial charge in [-0.2, -0.15) is 0 Å². The summed E-state index contributed by atoms with van der Waals surface area (Å²) >= 11 is 3.43. The van der Waals surface area contributed by atoms with E-state index in [0.717, 1.165) is 34.4 Å². The number of imidazole rings is 1. The molecule has 0 unspecified atom stereocenters. The van der Waals surface area contributed by atoms with Gasteiger partial charge in [0.15, 0.2) is 0 Å². The van der Waals surface area contributed by atoms with E-state index in [-0.39, 0.29) is 5.41 Å². The highest BCUT2D eigenvalue weighted by Crippen LogP contribution is 2.46. The third kappa shape index (κ3) is 1.91. The minimum absolute atomic E-state index is 0.133. The second-order valence-electron chi connectivity index (χ2n) is 4.64. The topological polar surface area (TPSA) is 54.7 Å². The first-order valence-electron chi connectivity index (χ1n) is 5.75. The van der Waals surface area contributed by atoms with Gasteiger partial charge in [0.2, 0.25) is 0 Å². The standard InChI is InChI=1S/C13H14BrN3/c14-10-3-1-9(2-4-10)11-7-16-12(17-11)13(8-15)5-6-13/h1-4,7H,5-6,8,15H2,(H,16,17). The Bertz CT molecular complexity index is 526. The molecule has 0 spiro atoms. The number of benzene rings is 1. The molecule has 1 fully saturated rings. The van der Waals surface area contributed by atoms with Gasteiger partial charge in [-0.25, -0.2) is 4.98 Å². The number of halogens is 1. The number of nitrogens with two attached hydrogens (primary N) is 1. The molecule has 3 nitrogen and oxygen atoms in total. The van der Waals surface area contributed by atoms with Gasteiger partial charge in [-0.05, 0) is 30.5 Å². The highest BCUT2D eigenvalue weighted by molar-refractivity contribution is 9.10. The molecule has 0 radical (unpaired) electrons. The molecule has 0 atom stereocenters. The molecular formula is C13H14BrN3. The minimum Gasteiger partial charge on any atom is -0.342 e. The van der Waals surface area contributed by atoms with E-state index in [4.69, 9.17) is 5.73 Å². The summed E-state index contributed by atoms with van der Waals surface area (Å²) in [6, 6.07) is 8.21. The normalized spacial score (nSPS) is 17.1. The second-order valence-corrected chi connectivity index (χ2v) is 5.55. The largest absolute Gasteiger partial charge is 0.342 e. The number of aromatic amines is 1. The third-order valence-corrected chi connectivity index (χ3v) is 4.01. The molecule has 1 saturated carbocycles. The Morgan fingerprint density at radius 3 is 2.59 bits per heavy atom. The Kier molecular flexibility index (Phi) is 2.56. The lowest BCUT2D eigenvalue weighted by Crippen LogP contribution is -2.21. The Labute approximate surface area is 109 Å². The molecule has 0 saturated heterocycles. The van der Waals surface area contributed by atoms with Crippen LogP contribution in [0.2, 0.25) is 0 Å². The fourth-order valence-electron chi connectivity index (χ4n) is 2.06. The van der Waals surface area contributed by atoms with E-state index in [1.165, 1.54) is 0 Å². The molecule has 3 rings (SSSR count). The van der Waals surface area contributed by atoms with Crippen LogP contribution < -0.4 is 5.73 Å². The maximum absolute atomic E-state index is 5.80. The van der Waals surface area contributed by atoms with Crippen molar-refractivity contribution in [3.8, 4) is 11.3 Å². The maximum Gasteiger partial charge on any atom is 0.114 e. The van der Waals surface area contributed by atoms with Crippen LogP contribution in [-0.2, 0) is 5.41 Å². The maximum atomic E-state index is 5.80. The number of nitrogens with zero attached hydrogens (tertiary/aromatic N) is 1. The van der Waals surface area contributed by atoms with Crippen LogP contribution in [0.25, 0.3) is 11.3 Å². The van der Waals surface area contributed by atoms with Crippen LogP contribution in [0.3, 0.4) is 0 Å². The molecule has 3 N–H and O–H groups in total. The predicted octanol–water partition coefficient (Wildman–Crippen LogP) is 2.83. The van der Waals surface area contributed by atoms with Crippen LogP contribution in [0.5, 0.6) is 0 Å². The van der Waals surface area contributed by atoms with Gasteiger partial charge in [0.25, 0.3) is 0 Å². The second kappa shape index (κ2) is 3.96. The van der Waals surface area contributed by atoms with E-state index >= 15 is 0 Å². The zero-order valence-corrected chi connectivity index (χ0v) is 11.0. The minimum atomic E-state index is 0.133. The highest BCUT2D eigenvalue weighted by atomic mass is 79.9. The summed E-state index contributed by atoms with van der Waals surface area (Å²) in [6.45, 7) is 0.681. The van der Waals surface area contributed by atoms with Crippen molar-refractivity contribution in [2.75, 3.05) is 6.54 Å². The number of H-pyrrole nitrogens is 1. The van der Waals surface area contributed by atoms with Gasteiger partial charge in [-0.15, -0.1) is 0 Å². The SMILES string of the molecule is NCC1(c2ncc(-c3ccc(Br)cc3)[nH]2)CC1. The van der Waals surface area contributed by atoms with Crippen molar-refractivity contribution in [2.45, 2.75) is 18.3 Å². The van der Waals surface area contributed by atoms with Gasteiger partial charge in [-0.1, -0.05) is 28.1 Å². The van der Waals surface area contributed by atoms with Crippen molar-refractivity contribution in [3.63, 3.8) is 0 Å². The zero-order chi connectivity index (χ0) is 11.9. The van der Waals surface area contributed by atoms with Crippen LogP contribution in [-0.4, -0.2) is 16.5 Å². The number of rotatable bonds is 3. The number of nitrogens with one attached hydrogen (secondary N) is 1. The summed E-state index contributed by atoms with van der Waals surface area (Å²) in [4.78, 5) is 7.87. The van der Waals surface area contributed by atoms with Crippen LogP contribution in [0.4, 0.5) is 0 Å². The molecule has 0 aliphatic heterocycles. The first-order valence-corrected chi connectivity index (χ1v) is 6.54. The Balaban J connectivity index is 1.92. The van der Waals surface area contributed by atoms with Crippen LogP contribution >= 0.6 is 15.9 Å². The fraction of sp³-hybridized carbons (Fsp3) is 0.308. The molecule has 88 valence electrons. The van der Waals surface area contributed by atoms with E-state index in [1.807, 2.05) is 18.3 Å². The number of hydrogen-bond donors (Lipinski definition) is 2. The Hall–Kier alpha value is -1.13. The van der Waals surface area contributed by atoms with Gasteiger partial charge >= 0.3 is 0 Å². The van der Waals surface area contributed by atoms with Crippen LogP contribution in [0.1, 0.15) is 18.7 Å². The number of hydrogen-bond acceptors (Lipinski definition) is 2. The van der Waals surface area contributed by atoms with Crippen molar-refractivity contribution in [2.24, 2.45) is 5.73 Å². The van der Waals surface area contributed by atoms with E-state index in [2.05, 4.69) is 38.0 Å². The fourth-order valence-corrected chi connectivity index (χ4v) is 2.32. The quantitative estimate of drug-likeness (QED) is 0.914. The summed E-state index contributed by atoms with van der Waals surface area (Å²) in [6.07, 6.45) is 4.20. The summed E-state index contributed by atoms with van der Waals surface area (Å²) < 4.78 is 1.08. The van der Waals surface area contributed by atoms with Crippen molar-refractivity contribution >= 4 is 15.9 Å². The molecule has 17 heavy (non-hydrogen) atoms. The lowest BCUT2D eigenvalue weighted by atomic mass is 10.1. The molecule has 0 bridgehead atoms. The summed E-state index contributed by atoms with van der Waals surface area (Å²) in [7, 11) is 0. The van der Waals surface area contributed by atoms with Crippen LogP contribution in [0.15, 0.2) is 34.9 Å². The number of aromatic nitrogens is 2. The molecule has 4 heteroatoms. The summed E-state index contributed by atoms with van der Waals surface area (Å²) in [5, 5.41) is 0. The zero-order valence-electron chi connectivity index (χ0n) is 9.41. The highest BCUT2D eigenvalue weighted by Gasteiger charge is 2.45. The van der Waals surface area contributed by atoms with Crippen molar-refractivity contribution in [1.29, 1.82) is 0 Å². The smallest absolute Gasteiger partial charge is 0.114 e. The van der Waals surface area contributed by atoms with Gasteiger partial charge in [-0.3, -0.25) is 0 Å².